The number of benzene rings is 3. The molecule has 0 radical (unpaired) electrons. The lowest BCUT2D eigenvalue weighted by Crippen LogP contribution is -2.06. The van der Waals surface area contributed by atoms with E-state index in [4.69, 9.17) is 0 Å². The van der Waals surface area contributed by atoms with Crippen LogP contribution in [0.5, 0.6) is 0 Å². The molecular weight excluding hydrogens is 511 g/mol. The molecule has 4 rings (SSSR count). The normalized spacial score (nSPS) is 16.6. The van der Waals surface area contributed by atoms with Gasteiger partial charge in [0.05, 0.1) is 0 Å². The van der Waals surface area contributed by atoms with Gasteiger partial charge in [0, 0.05) is 0 Å². The third-order valence-corrected chi connectivity index (χ3v) is 8.52. The summed E-state index contributed by atoms with van der Waals surface area (Å²) in [5.74, 6) is 2.77. The molecule has 1 aliphatic carbocycles. The fourth-order valence-electron chi connectivity index (χ4n) is 5.63. The second kappa shape index (κ2) is 15.0. The van der Waals surface area contributed by atoms with Gasteiger partial charge in [-0.3, -0.25) is 0 Å². The SMILES string of the molecule is C\C=C(/C=C(C)/C(/C=C\CCc1ccc(-c2cccc(-c3ccc(C)cc3)c2)cc1)=C/P)C1=C(CC)C(C)CC=C1. The van der Waals surface area contributed by atoms with Gasteiger partial charge in [0.2, 0.25) is 0 Å². The van der Waals surface area contributed by atoms with E-state index >= 15 is 0 Å². The fourth-order valence-corrected chi connectivity index (χ4v) is 6.00. The van der Waals surface area contributed by atoms with Crippen LogP contribution in [0.15, 0.2) is 143 Å². The molecular formula is C40H45P. The highest BCUT2D eigenvalue weighted by molar-refractivity contribution is 7.20. The number of hydrogen-bond acceptors (Lipinski definition) is 0. The van der Waals surface area contributed by atoms with Crippen molar-refractivity contribution in [3.05, 3.63) is 154 Å². The molecule has 1 aliphatic rings. The quantitative estimate of drug-likeness (QED) is 0.172. The molecule has 3 aromatic rings. The predicted molar refractivity (Wildman–Crippen MR) is 185 cm³/mol. The monoisotopic (exact) mass is 556 g/mol. The van der Waals surface area contributed by atoms with Crippen molar-refractivity contribution in [2.24, 2.45) is 5.92 Å². The average molecular weight is 557 g/mol. The number of rotatable bonds is 10. The van der Waals surface area contributed by atoms with E-state index in [2.05, 4.69) is 159 Å². The van der Waals surface area contributed by atoms with E-state index in [9.17, 15) is 0 Å². The number of hydrogen-bond donors (Lipinski definition) is 0. The Labute approximate surface area is 251 Å². The second-order valence-electron chi connectivity index (χ2n) is 11.1. The molecule has 0 bridgehead atoms. The van der Waals surface area contributed by atoms with Gasteiger partial charge in [-0.05, 0) is 109 Å². The van der Waals surface area contributed by atoms with E-state index in [-0.39, 0.29) is 0 Å². The molecule has 0 fully saturated rings. The molecule has 0 aromatic heterocycles. The van der Waals surface area contributed by atoms with Gasteiger partial charge < -0.3 is 0 Å². The summed E-state index contributed by atoms with van der Waals surface area (Å²) in [6.45, 7) is 11.1. The van der Waals surface area contributed by atoms with Crippen molar-refractivity contribution in [1.29, 1.82) is 0 Å². The third-order valence-electron chi connectivity index (χ3n) is 8.16. The summed E-state index contributed by atoms with van der Waals surface area (Å²) >= 11 is 0. The van der Waals surface area contributed by atoms with E-state index in [1.54, 1.807) is 5.57 Å². The van der Waals surface area contributed by atoms with Crippen molar-refractivity contribution in [2.75, 3.05) is 0 Å². The fraction of sp³-hybridized carbons (Fsp3) is 0.250. The molecule has 3 aromatic carbocycles. The van der Waals surface area contributed by atoms with Gasteiger partial charge in [0.15, 0.2) is 0 Å². The number of allylic oxidation sites excluding steroid dienone is 11. The zero-order chi connectivity index (χ0) is 29.2. The highest BCUT2D eigenvalue weighted by Crippen LogP contribution is 2.33. The molecule has 210 valence electrons. The van der Waals surface area contributed by atoms with Crippen LogP contribution < -0.4 is 0 Å². The van der Waals surface area contributed by atoms with Gasteiger partial charge in [0.25, 0.3) is 0 Å². The first-order chi connectivity index (χ1) is 19.9. The van der Waals surface area contributed by atoms with Crippen molar-refractivity contribution in [1.82, 2.24) is 0 Å². The molecule has 0 aliphatic heterocycles. The largest absolute Gasteiger partial charge is 0.113 e. The van der Waals surface area contributed by atoms with Crippen molar-refractivity contribution in [3.63, 3.8) is 0 Å². The number of aryl methyl sites for hydroxylation is 2. The summed E-state index contributed by atoms with van der Waals surface area (Å²) in [5, 5.41) is 0. The lowest BCUT2D eigenvalue weighted by atomic mass is 9.83. The maximum atomic E-state index is 2.79. The minimum Gasteiger partial charge on any atom is -0.113 e. The van der Waals surface area contributed by atoms with E-state index < -0.39 is 0 Å². The summed E-state index contributed by atoms with van der Waals surface area (Å²) in [4.78, 5) is 0. The Morgan fingerprint density at radius 2 is 1.59 bits per heavy atom. The third kappa shape index (κ3) is 8.06. The highest BCUT2D eigenvalue weighted by Gasteiger charge is 2.16. The van der Waals surface area contributed by atoms with Crippen molar-refractivity contribution in [2.45, 2.75) is 60.3 Å². The second-order valence-corrected chi connectivity index (χ2v) is 11.4. The predicted octanol–water partition coefficient (Wildman–Crippen LogP) is 11.8. The molecule has 0 saturated carbocycles. The van der Waals surface area contributed by atoms with E-state index in [0.717, 1.165) is 25.7 Å². The zero-order valence-electron chi connectivity index (χ0n) is 25.5. The molecule has 41 heavy (non-hydrogen) atoms. The molecule has 0 nitrogen and oxygen atoms in total. The summed E-state index contributed by atoms with van der Waals surface area (Å²) in [6, 6.07) is 26.7. The minimum atomic E-state index is 0.623. The van der Waals surface area contributed by atoms with Crippen molar-refractivity contribution < 1.29 is 0 Å². The maximum absolute atomic E-state index is 2.79. The standard InChI is InChI=1S/C40H45P/c1-6-33(40-17-10-12-30(4)39(40)7-2)26-31(5)38(28-41)14-9-8-13-32-20-24-35(25-21-32)37-16-11-15-36(27-37)34-22-18-29(3)19-23-34/h6,9-11,14-28,30H,7-8,12-13,41H2,1-5H3/b14-9-,31-26+,33-6+,38-28+. The molecule has 1 heteroatoms. The maximum Gasteiger partial charge on any atom is -0.0178 e. The van der Waals surface area contributed by atoms with Gasteiger partial charge >= 0.3 is 0 Å². The summed E-state index contributed by atoms with van der Waals surface area (Å²) in [6.07, 6.45) is 18.1. The molecule has 0 spiro atoms. The van der Waals surface area contributed by atoms with Crippen LogP contribution in [-0.4, -0.2) is 0 Å². The summed E-state index contributed by atoms with van der Waals surface area (Å²) in [7, 11) is 2.79. The Hall–Kier alpha value is -3.47. The lowest BCUT2D eigenvalue weighted by molar-refractivity contribution is 0.653. The van der Waals surface area contributed by atoms with Gasteiger partial charge in [0.1, 0.15) is 0 Å². The molecule has 0 N–H and O–H groups in total. The minimum absolute atomic E-state index is 0.623. The van der Waals surface area contributed by atoms with Crippen LogP contribution in [0.4, 0.5) is 0 Å². The zero-order valence-corrected chi connectivity index (χ0v) is 26.6. The molecule has 2 unspecified atom stereocenters. The molecule has 0 saturated heterocycles. The van der Waals surface area contributed by atoms with Crippen molar-refractivity contribution >= 4 is 9.24 Å². The Balaban J connectivity index is 1.38. The van der Waals surface area contributed by atoms with Crippen LogP contribution >= 0.6 is 9.24 Å². The van der Waals surface area contributed by atoms with E-state index in [0.29, 0.717) is 5.92 Å². The summed E-state index contributed by atoms with van der Waals surface area (Å²) in [5.41, 5.74) is 14.5. The topological polar surface area (TPSA) is 0 Å². The lowest BCUT2D eigenvalue weighted by Gasteiger charge is -2.22. The Bertz CT molecular complexity index is 1500. The highest BCUT2D eigenvalue weighted by atomic mass is 31.0. The van der Waals surface area contributed by atoms with E-state index in [1.807, 2.05) is 0 Å². The van der Waals surface area contributed by atoms with Crippen LogP contribution in [0.1, 0.15) is 58.1 Å². The Morgan fingerprint density at radius 3 is 2.20 bits per heavy atom. The van der Waals surface area contributed by atoms with Gasteiger partial charge in [-0.25, -0.2) is 0 Å². The Kier molecular flexibility index (Phi) is 11.1. The van der Waals surface area contributed by atoms with Crippen LogP contribution in [0, 0.1) is 12.8 Å². The smallest absolute Gasteiger partial charge is 0.0178 e. The van der Waals surface area contributed by atoms with Crippen LogP contribution in [-0.2, 0) is 6.42 Å². The Morgan fingerprint density at radius 1 is 0.927 bits per heavy atom. The van der Waals surface area contributed by atoms with Gasteiger partial charge in [-0.15, -0.1) is 9.24 Å². The van der Waals surface area contributed by atoms with Crippen LogP contribution in [0.2, 0.25) is 0 Å². The molecule has 0 amide bonds. The first-order valence-corrected chi connectivity index (χ1v) is 15.7. The van der Waals surface area contributed by atoms with E-state index in [1.165, 1.54) is 55.7 Å². The molecule has 0 heterocycles. The molecule has 2 atom stereocenters. The average Bonchev–Trinajstić information content (AvgIpc) is 3.00. The first kappa shape index (κ1) is 30.5. The van der Waals surface area contributed by atoms with Gasteiger partial charge in [-0.2, -0.15) is 0 Å². The van der Waals surface area contributed by atoms with Crippen LogP contribution in [0.25, 0.3) is 22.3 Å². The van der Waals surface area contributed by atoms with Gasteiger partial charge in [-0.1, -0.05) is 134 Å². The first-order valence-electron chi connectivity index (χ1n) is 15.0. The summed E-state index contributed by atoms with van der Waals surface area (Å²) < 4.78 is 0. The van der Waals surface area contributed by atoms with Crippen molar-refractivity contribution in [3.8, 4) is 22.3 Å². The van der Waals surface area contributed by atoms with Crippen LogP contribution in [0.3, 0.4) is 0 Å².